The smallest absolute Gasteiger partial charge is 0.264 e. The van der Waals surface area contributed by atoms with Gasteiger partial charge in [-0.05, 0) is 59.7 Å². The van der Waals surface area contributed by atoms with Gasteiger partial charge < -0.3 is 14.9 Å². The van der Waals surface area contributed by atoms with Gasteiger partial charge in [-0.3, -0.25) is 9.59 Å². The van der Waals surface area contributed by atoms with Gasteiger partial charge in [-0.2, -0.15) is 0 Å². The zero-order valence-electron chi connectivity index (χ0n) is 22.0. The molecule has 10 heteroatoms. The molecule has 0 spiro atoms. The number of hydrogen-bond donors (Lipinski definition) is 2. The second-order valence-corrected chi connectivity index (χ2v) is 11.5. The Morgan fingerprint density at radius 2 is 1.44 bits per heavy atom. The van der Waals surface area contributed by atoms with Gasteiger partial charge in [-0.25, -0.2) is 17.5 Å². The van der Waals surface area contributed by atoms with E-state index in [0.717, 1.165) is 5.69 Å². The van der Waals surface area contributed by atoms with Crippen molar-refractivity contribution in [2.24, 2.45) is 0 Å². The number of sulfonamides is 1. The van der Waals surface area contributed by atoms with E-state index in [1.54, 1.807) is 83.8 Å². The molecule has 4 aromatic carbocycles. The van der Waals surface area contributed by atoms with Crippen molar-refractivity contribution in [2.45, 2.75) is 5.75 Å². The van der Waals surface area contributed by atoms with Gasteiger partial charge in [-0.1, -0.05) is 48.5 Å². The third kappa shape index (κ3) is 6.72. The minimum Gasteiger partial charge on any atom is -0.508 e. The van der Waals surface area contributed by atoms with Crippen LogP contribution in [0.1, 0.15) is 26.3 Å². The highest BCUT2D eigenvalue weighted by atomic mass is 32.2. The molecule has 41 heavy (non-hydrogen) atoms. The number of aromatic hydroxyl groups is 1. The lowest BCUT2D eigenvalue weighted by Crippen LogP contribution is -2.48. The van der Waals surface area contributed by atoms with Gasteiger partial charge in [-0.15, -0.1) is 0 Å². The molecule has 4 aromatic rings. The van der Waals surface area contributed by atoms with Crippen LogP contribution in [0.2, 0.25) is 0 Å². The lowest BCUT2D eigenvalue weighted by Gasteiger charge is -2.36. The minimum absolute atomic E-state index is 0.0894. The molecule has 1 heterocycles. The standard InChI is InChI=1S/C31H28FN3O5S/c32-29-20-25(10-15-28(29)23-8-13-27(36)14-9-23)31(38)35-18-16-34(17-19-35)26-11-6-24(7-12-26)30(37)33-41(39,40)21-22-4-2-1-3-5-22/h1-15,20,36H,16-19,21H2,(H,33,37). The zero-order chi connectivity index (χ0) is 29.0. The Balaban J connectivity index is 1.16. The van der Waals surface area contributed by atoms with Crippen molar-refractivity contribution in [2.75, 3.05) is 31.1 Å². The molecule has 8 nitrogen and oxygen atoms in total. The van der Waals surface area contributed by atoms with Gasteiger partial charge in [0.2, 0.25) is 10.0 Å². The fraction of sp³-hybridized carbons (Fsp3) is 0.161. The second kappa shape index (κ2) is 11.8. The summed E-state index contributed by atoms with van der Waals surface area (Å²) in [4.78, 5) is 29.3. The summed E-state index contributed by atoms with van der Waals surface area (Å²) in [6.07, 6.45) is 0. The Bertz CT molecular complexity index is 1650. The molecule has 5 rings (SSSR count). The van der Waals surface area contributed by atoms with Crippen LogP contribution >= 0.6 is 0 Å². The second-order valence-electron chi connectivity index (χ2n) is 9.74. The molecule has 1 aliphatic rings. The van der Waals surface area contributed by atoms with Gasteiger partial charge in [0.05, 0.1) is 5.75 Å². The summed E-state index contributed by atoms with van der Waals surface area (Å²) < 4.78 is 41.7. The quantitative estimate of drug-likeness (QED) is 0.339. The zero-order valence-corrected chi connectivity index (χ0v) is 22.9. The van der Waals surface area contributed by atoms with Gasteiger partial charge in [0, 0.05) is 48.6 Å². The molecule has 0 unspecified atom stereocenters. The number of hydrogen-bond acceptors (Lipinski definition) is 6. The summed E-state index contributed by atoms with van der Waals surface area (Å²) in [5.41, 5.74) is 2.85. The average Bonchev–Trinajstić information content (AvgIpc) is 2.97. The molecule has 2 amide bonds. The van der Waals surface area contributed by atoms with E-state index in [4.69, 9.17) is 0 Å². The van der Waals surface area contributed by atoms with E-state index in [9.17, 15) is 27.5 Å². The maximum absolute atomic E-state index is 14.8. The number of phenols is 1. The molecule has 0 atom stereocenters. The van der Waals surface area contributed by atoms with E-state index in [1.165, 1.54) is 18.2 Å². The maximum atomic E-state index is 14.8. The molecule has 0 bridgehead atoms. The summed E-state index contributed by atoms with van der Waals surface area (Å²) in [6.45, 7) is 1.94. The van der Waals surface area contributed by atoms with Gasteiger partial charge >= 0.3 is 0 Å². The number of rotatable bonds is 7. The van der Waals surface area contributed by atoms with Crippen molar-refractivity contribution in [3.63, 3.8) is 0 Å². The molecular weight excluding hydrogens is 545 g/mol. The average molecular weight is 574 g/mol. The molecule has 1 aliphatic heterocycles. The molecule has 210 valence electrons. The Kier molecular flexibility index (Phi) is 8.02. The monoisotopic (exact) mass is 573 g/mol. The summed E-state index contributed by atoms with van der Waals surface area (Å²) in [7, 11) is -3.85. The van der Waals surface area contributed by atoms with E-state index in [1.807, 2.05) is 0 Å². The van der Waals surface area contributed by atoms with Crippen LogP contribution in [0.5, 0.6) is 5.75 Å². The van der Waals surface area contributed by atoms with Crippen LogP contribution in [0.3, 0.4) is 0 Å². The first-order chi connectivity index (χ1) is 19.7. The lowest BCUT2D eigenvalue weighted by molar-refractivity contribution is 0.0746. The summed E-state index contributed by atoms with van der Waals surface area (Å²) >= 11 is 0. The molecule has 2 N–H and O–H groups in total. The Labute approximate surface area is 237 Å². The van der Waals surface area contributed by atoms with Crippen molar-refractivity contribution in [3.8, 4) is 16.9 Å². The highest BCUT2D eigenvalue weighted by Gasteiger charge is 2.24. The van der Waals surface area contributed by atoms with E-state index >= 15 is 0 Å². The van der Waals surface area contributed by atoms with Crippen LogP contribution in [-0.4, -0.2) is 56.4 Å². The Morgan fingerprint density at radius 1 is 0.805 bits per heavy atom. The van der Waals surface area contributed by atoms with Gasteiger partial charge in [0.15, 0.2) is 0 Å². The first-order valence-electron chi connectivity index (χ1n) is 13.0. The third-order valence-electron chi connectivity index (χ3n) is 6.90. The van der Waals surface area contributed by atoms with Crippen LogP contribution in [0.4, 0.5) is 10.1 Å². The number of nitrogens with one attached hydrogen (secondary N) is 1. The van der Waals surface area contributed by atoms with Crippen molar-refractivity contribution in [3.05, 3.63) is 120 Å². The summed E-state index contributed by atoms with van der Waals surface area (Å²) in [5.74, 6) is -1.68. The van der Waals surface area contributed by atoms with Crippen molar-refractivity contribution < 1.29 is 27.5 Å². The minimum atomic E-state index is -3.85. The number of benzene rings is 4. The van der Waals surface area contributed by atoms with E-state index in [0.29, 0.717) is 42.9 Å². The molecule has 0 saturated carbocycles. The number of anilines is 1. The first-order valence-corrected chi connectivity index (χ1v) is 14.7. The number of nitrogens with zero attached hydrogens (tertiary/aromatic N) is 2. The number of carbonyl (C=O) groups excluding carboxylic acids is 2. The van der Waals surface area contributed by atoms with Crippen LogP contribution in [0.25, 0.3) is 11.1 Å². The van der Waals surface area contributed by atoms with Gasteiger partial charge in [0.1, 0.15) is 11.6 Å². The molecular formula is C31H28FN3O5S. The number of phenolic OH excluding ortho intramolecular Hbond substituents is 1. The summed E-state index contributed by atoms with van der Waals surface area (Å²) in [6, 6.07) is 25.8. The molecule has 0 radical (unpaired) electrons. The van der Waals surface area contributed by atoms with Crippen molar-refractivity contribution >= 4 is 27.5 Å². The van der Waals surface area contributed by atoms with Crippen LogP contribution in [0, 0.1) is 5.82 Å². The first kappa shape index (κ1) is 27.9. The van der Waals surface area contributed by atoms with Crippen LogP contribution in [-0.2, 0) is 15.8 Å². The predicted molar refractivity (Wildman–Crippen MR) is 155 cm³/mol. The van der Waals surface area contributed by atoms with E-state index in [2.05, 4.69) is 9.62 Å². The summed E-state index contributed by atoms with van der Waals surface area (Å²) in [5, 5.41) is 9.45. The SMILES string of the molecule is O=C(NS(=O)(=O)Cc1ccccc1)c1ccc(N2CCN(C(=O)c3ccc(-c4ccc(O)cc4)c(F)c3)CC2)cc1. The molecule has 1 saturated heterocycles. The largest absolute Gasteiger partial charge is 0.508 e. The normalized spacial score (nSPS) is 13.6. The Morgan fingerprint density at radius 3 is 2.07 bits per heavy atom. The fourth-order valence-corrected chi connectivity index (χ4v) is 5.83. The molecule has 1 fully saturated rings. The fourth-order valence-electron chi connectivity index (χ4n) is 4.73. The number of halogens is 1. The third-order valence-corrected chi connectivity index (χ3v) is 8.11. The number of piperazine rings is 1. The van der Waals surface area contributed by atoms with E-state index < -0.39 is 21.7 Å². The van der Waals surface area contributed by atoms with Crippen LogP contribution < -0.4 is 9.62 Å². The molecule has 0 aliphatic carbocycles. The lowest BCUT2D eigenvalue weighted by atomic mass is 10.0. The highest BCUT2D eigenvalue weighted by Crippen LogP contribution is 2.26. The highest BCUT2D eigenvalue weighted by molar-refractivity contribution is 7.89. The topological polar surface area (TPSA) is 107 Å². The van der Waals surface area contributed by atoms with E-state index in [-0.39, 0.29) is 28.5 Å². The Hall–Kier alpha value is -4.70. The van der Waals surface area contributed by atoms with Crippen LogP contribution in [0.15, 0.2) is 97.1 Å². The number of amides is 2. The number of carbonyl (C=O) groups is 2. The predicted octanol–water partition coefficient (Wildman–Crippen LogP) is 4.42. The van der Waals surface area contributed by atoms with Crippen molar-refractivity contribution in [1.82, 2.24) is 9.62 Å². The molecule has 0 aromatic heterocycles. The maximum Gasteiger partial charge on any atom is 0.264 e. The van der Waals surface area contributed by atoms with Crippen molar-refractivity contribution in [1.29, 1.82) is 0 Å². The van der Waals surface area contributed by atoms with Gasteiger partial charge in [0.25, 0.3) is 11.8 Å².